The second-order valence-electron chi connectivity index (χ2n) is 6.20. The van der Waals surface area contributed by atoms with Crippen LogP contribution in [0.3, 0.4) is 0 Å². The van der Waals surface area contributed by atoms with Crippen molar-refractivity contribution in [3.05, 3.63) is 70.8 Å². The van der Waals surface area contributed by atoms with E-state index in [1.54, 1.807) is 24.3 Å². The Morgan fingerprint density at radius 2 is 1.58 bits per heavy atom. The van der Waals surface area contributed by atoms with Crippen molar-refractivity contribution in [2.45, 2.75) is 19.9 Å². The van der Waals surface area contributed by atoms with Gasteiger partial charge in [0.1, 0.15) is 0 Å². The van der Waals surface area contributed by atoms with Crippen molar-refractivity contribution in [1.82, 2.24) is 10.2 Å². The minimum atomic E-state index is -0.116. The molecule has 0 spiro atoms. The molecule has 1 N–H and O–H groups in total. The van der Waals surface area contributed by atoms with E-state index in [1.807, 2.05) is 14.1 Å². The van der Waals surface area contributed by atoms with Crippen LogP contribution in [0.15, 0.2) is 48.5 Å². The van der Waals surface area contributed by atoms with E-state index >= 15 is 0 Å². The fourth-order valence-corrected chi connectivity index (χ4v) is 2.53. The van der Waals surface area contributed by atoms with E-state index in [0.717, 1.165) is 13.0 Å². The van der Waals surface area contributed by atoms with E-state index in [-0.39, 0.29) is 11.7 Å². The Labute approximate surface area is 143 Å². The van der Waals surface area contributed by atoms with Crippen LogP contribution >= 0.6 is 0 Å². The monoisotopic (exact) mass is 324 g/mol. The molecule has 2 rings (SSSR count). The fraction of sp³-hybridized carbons (Fsp3) is 0.300. The Hall–Kier alpha value is -2.46. The molecule has 4 heteroatoms. The highest BCUT2D eigenvalue weighted by molar-refractivity contribution is 5.97. The van der Waals surface area contributed by atoms with Crippen LogP contribution in [0, 0.1) is 0 Å². The molecule has 0 radical (unpaired) electrons. The highest BCUT2D eigenvalue weighted by Crippen LogP contribution is 2.08. The van der Waals surface area contributed by atoms with Gasteiger partial charge in [-0.25, -0.2) is 0 Å². The number of nitrogens with zero attached hydrogens (tertiary/aromatic N) is 1. The highest BCUT2D eigenvalue weighted by atomic mass is 16.1. The summed E-state index contributed by atoms with van der Waals surface area (Å²) in [5.41, 5.74) is 3.66. The number of Topliss-reactive ketones (excluding diaryl/α,β-unsaturated/α-hetero) is 1. The second kappa shape index (κ2) is 8.41. The molecule has 0 heterocycles. The Balaban J connectivity index is 1.87. The zero-order valence-corrected chi connectivity index (χ0v) is 14.5. The van der Waals surface area contributed by atoms with Gasteiger partial charge in [0.2, 0.25) is 0 Å². The fourth-order valence-electron chi connectivity index (χ4n) is 2.53. The molecule has 0 aromatic heterocycles. The lowest BCUT2D eigenvalue weighted by molar-refractivity contribution is 0.0952. The maximum absolute atomic E-state index is 12.1. The molecule has 1 amide bonds. The third kappa shape index (κ3) is 5.32. The van der Waals surface area contributed by atoms with Gasteiger partial charge in [-0.1, -0.05) is 36.4 Å². The Morgan fingerprint density at radius 1 is 0.958 bits per heavy atom. The number of rotatable bonds is 7. The lowest BCUT2D eigenvalue weighted by Gasteiger charge is -2.11. The number of carbonyl (C=O) groups is 2. The van der Waals surface area contributed by atoms with Gasteiger partial charge >= 0.3 is 0 Å². The van der Waals surface area contributed by atoms with Crippen LogP contribution in [-0.4, -0.2) is 37.2 Å². The van der Waals surface area contributed by atoms with Crippen molar-refractivity contribution in [3.8, 4) is 0 Å². The topological polar surface area (TPSA) is 49.4 Å². The molecule has 4 nitrogen and oxygen atoms in total. The van der Waals surface area contributed by atoms with Crippen LogP contribution in [0.1, 0.15) is 38.8 Å². The van der Waals surface area contributed by atoms with Gasteiger partial charge in [0.05, 0.1) is 0 Å². The molecular formula is C20H24N2O2. The average Bonchev–Trinajstić information content (AvgIpc) is 2.54. The third-order valence-electron chi connectivity index (χ3n) is 3.74. The summed E-state index contributed by atoms with van der Waals surface area (Å²) in [6, 6.07) is 15.1. The van der Waals surface area contributed by atoms with Gasteiger partial charge in [-0.2, -0.15) is 0 Å². The molecule has 24 heavy (non-hydrogen) atoms. The summed E-state index contributed by atoms with van der Waals surface area (Å²) in [5, 5.41) is 2.92. The Bertz CT molecular complexity index is 706. The molecule has 0 fully saturated rings. The second-order valence-corrected chi connectivity index (χ2v) is 6.20. The first-order valence-corrected chi connectivity index (χ1v) is 8.07. The molecule has 0 aliphatic carbocycles. The van der Waals surface area contributed by atoms with Crippen molar-refractivity contribution >= 4 is 11.7 Å². The van der Waals surface area contributed by atoms with Crippen LogP contribution in [0.4, 0.5) is 0 Å². The lowest BCUT2D eigenvalue weighted by Crippen LogP contribution is -2.25. The lowest BCUT2D eigenvalue weighted by atomic mass is 10.1. The van der Waals surface area contributed by atoms with Crippen LogP contribution in [-0.2, 0) is 13.0 Å². The van der Waals surface area contributed by atoms with Gasteiger partial charge < -0.3 is 10.2 Å². The molecule has 0 bridgehead atoms. The maximum Gasteiger partial charge on any atom is 0.251 e. The zero-order valence-electron chi connectivity index (χ0n) is 14.5. The summed E-state index contributed by atoms with van der Waals surface area (Å²) in [7, 11) is 4.09. The molecular weight excluding hydrogens is 300 g/mol. The quantitative estimate of drug-likeness (QED) is 0.797. The first-order chi connectivity index (χ1) is 11.5. The van der Waals surface area contributed by atoms with Gasteiger partial charge in [0, 0.05) is 24.2 Å². The summed E-state index contributed by atoms with van der Waals surface area (Å²) in [6.07, 6.45) is 0.790. The maximum atomic E-state index is 12.1. The van der Waals surface area contributed by atoms with E-state index in [4.69, 9.17) is 0 Å². The van der Waals surface area contributed by atoms with E-state index < -0.39 is 0 Å². The van der Waals surface area contributed by atoms with Gasteiger partial charge in [-0.15, -0.1) is 0 Å². The Morgan fingerprint density at radius 3 is 2.21 bits per heavy atom. The summed E-state index contributed by atoms with van der Waals surface area (Å²) < 4.78 is 0. The van der Waals surface area contributed by atoms with Crippen LogP contribution in [0.25, 0.3) is 0 Å². The van der Waals surface area contributed by atoms with Crippen molar-refractivity contribution in [3.63, 3.8) is 0 Å². The molecule has 0 aliphatic rings. The zero-order chi connectivity index (χ0) is 17.5. The Kier molecular flexibility index (Phi) is 6.27. The molecule has 2 aromatic carbocycles. The van der Waals surface area contributed by atoms with E-state index in [2.05, 4.69) is 34.5 Å². The predicted octanol–water partition coefficient (Wildman–Crippen LogP) is 2.92. The summed E-state index contributed by atoms with van der Waals surface area (Å²) in [4.78, 5) is 25.5. The molecule has 0 atom stereocenters. The van der Waals surface area contributed by atoms with E-state index in [9.17, 15) is 9.59 Å². The third-order valence-corrected chi connectivity index (χ3v) is 3.74. The van der Waals surface area contributed by atoms with E-state index in [0.29, 0.717) is 17.7 Å². The van der Waals surface area contributed by atoms with Gasteiger partial charge in [0.25, 0.3) is 5.91 Å². The van der Waals surface area contributed by atoms with Crippen molar-refractivity contribution in [2.75, 3.05) is 20.6 Å². The molecule has 0 saturated heterocycles. The van der Waals surface area contributed by atoms with Gasteiger partial charge in [-0.05, 0) is 50.7 Å². The predicted molar refractivity (Wildman–Crippen MR) is 96.3 cm³/mol. The van der Waals surface area contributed by atoms with Crippen molar-refractivity contribution in [2.24, 2.45) is 0 Å². The number of benzene rings is 2. The van der Waals surface area contributed by atoms with Gasteiger partial charge in [0.15, 0.2) is 5.78 Å². The summed E-state index contributed by atoms with van der Waals surface area (Å²) >= 11 is 0. The van der Waals surface area contributed by atoms with Crippen LogP contribution in [0.5, 0.6) is 0 Å². The summed E-state index contributed by atoms with van der Waals surface area (Å²) in [6.45, 7) is 3.00. The SMILES string of the molecule is CC(=O)c1ccc(C(=O)NCCc2cccc(CN(C)C)c2)cc1. The minimum absolute atomic E-state index is 0.000404. The highest BCUT2D eigenvalue weighted by Gasteiger charge is 2.06. The number of amides is 1. The minimum Gasteiger partial charge on any atom is -0.352 e. The first-order valence-electron chi connectivity index (χ1n) is 8.07. The number of hydrogen-bond acceptors (Lipinski definition) is 3. The van der Waals surface area contributed by atoms with Crippen LogP contribution < -0.4 is 5.32 Å². The molecule has 0 unspecified atom stereocenters. The number of carbonyl (C=O) groups excluding carboxylic acids is 2. The number of nitrogens with one attached hydrogen (secondary N) is 1. The first kappa shape index (κ1) is 17.9. The van der Waals surface area contributed by atoms with Crippen molar-refractivity contribution in [1.29, 1.82) is 0 Å². The molecule has 0 saturated carbocycles. The van der Waals surface area contributed by atoms with Crippen molar-refractivity contribution < 1.29 is 9.59 Å². The number of hydrogen-bond donors (Lipinski definition) is 1. The summed E-state index contributed by atoms with van der Waals surface area (Å²) in [5.74, 6) is -0.117. The van der Waals surface area contributed by atoms with Gasteiger partial charge in [-0.3, -0.25) is 9.59 Å². The normalized spacial score (nSPS) is 10.7. The molecule has 126 valence electrons. The smallest absolute Gasteiger partial charge is 0.251 e. The standard InChI is InChI=1S/C20H24N2O2/c1-15(23)18-7-9-19(10-8-18)20(24)21-12-11-16-5-4-6-17(13-16)14-22(2)3/h4-10,13H,11-12,14H2,1-3H3,(H,21,24). The largest absolute Gasteiger partial charge is 0.352 e. The molecule has 2 aromatic rings. The van der Waals surface area contributed by atoms with E-state index in [1.165, 1.54) is 18.1 Å². The average molecular weight is 324 g/mol. The number of ketones is 1. The van der Waals surface area contributed by atoms with Crippen LogP contribution in [0.2, 0.25) is 0 Å². The molecule has 0 aliphatic heterocycles.